The van der Waals surface area contributed by atoms with Gasteiger partial charge in [0.25, 0.3) is 0 Å². The van der Waals surface area contributed by atoms with E-state index in [1.54, 1.807) is 0 Å². The van der Waals surface area contributed by atoms with E-state index >= 15 is 0 Å². The number of nitrogens with zero attached hydrogens (tertiary/aromatic N) is 2. The lowest BCUT2D eigenvalue weighted by Gasteiger charge is -2.32. The maximum Gasteiger partial charge on any atom is 0.160 e. The fourth-order valence-electron chi connectivity index (χ4n) is 11.9. The first-order valence-electron chi connectivity index (χ1n) is 24.7. The van der Waals surface area contributed by atoms with Crippen LogP contribution in [0.1, 0.15) is 74.9 Å². The molecule has 2 aliphatic rings. The molecule has 0 unspecified atom stereocenters. The highest BCUT2D eigenvalue weighted by Gasteiger charge is 2.53. The highest BCUT2D eigenvalue weighted by molar-refractivity contribution is 6.24. The van der Waals surface area contributed by atoms with Gasteiger partial charge in [-0.15, -0.1) is 0 Å². The van der Waals surface area contributed by atoms with Crippen LogP contribution in [0, 0.1) is 0 Å². The van der Waals surface area contributed by atoms with Crippen molar-refractivity contribution in [1.29, 1.82) is 0 Å². The van der Waals surface area contributed by atoms with Crippen molar-refractivity contribution in [2.45, 2.75) is 57.8 Å². The molecule has 2 aliphatic carbocycles. The van der Waals surface area contributed by atoms with Crippen molar-refractivity contribution < 1.29 is 4.42 Å². The molecule has 0 amide bonds. The molecule has 0 saturated heterocycles. The second-order valence-corrected chi connectivity index (χ2v) is 21.3. The second kappa shape index (κ2) is 15.4. The molecule has 0 N–H and O–H groups in total. The van der Waals surface area contributed by atoms with Gasteiger partial charge in [-0.25, -0.2) is 0 Å². The van der Waals surface area contributed by atoms with Crippen LogP contribution in [0.4, 0.5) is 34.1 Å². The fraction of sp³-hybridized carbons (Fsp3) is 0.134. The summed E-state index contributed by atoms with van der Waals surface area (Å²) < 4.78 is 7.78. The van der Waals surface area contributed by atoms with Gasteiger partial charge >= 0.3 is 0 Å². The van der Waals surface area contributed by atoms with Crippen molar-refractivity contribution in [3.63, 3.8) is 0 Å². The Morgan fingerprint density at radius 2 is 0.843 bits per heavy atom. The summed E-state index contributed by atoms with van der Waals surface area (Å²) >= 11 is 0. The summed E-state index contributed by atoms with van der Waals surface area (Å²) in [5, 5.41) is 4.64. The summed E-state index contributed by atoms with van der Waals surface area (Å²) in [4.78, 5) is 4.80. The SMILES string of the molecule is CC(C)(C)c1ccc(N(c2ccccc2)c2cccc3c2oc2c(N(c4ccccc4)c4ccc(C(C)(C)C)cc4)cc4c(c23)-c2c(ccc3ccccc23)C42c3ccccc3-c3ccccc32)cc1. The average Bonchev–Trinajstić information content (AvgIpc) is 4.02. The molecular formula is C67H54N2O. The molecule has 0 radical (unpaired) electrons. The molecule has 3 nitrogen and oxygen atoms in total. The Kier molecular flexibility index (Phi) is 9.26. The van der Waals surface area contributed by atoms with Crippen LogP contribution in [0.5, 0.6) is 0 Å². The molecule has 0 saturated carbocycles. The predicted octanol–water partition coefficient (Wildman–Crippen LogP) is 18.6. The number of hydrogen-bond acceptors (Lipinski definition) is 3. The molecule has 0 fully saturated rings. The summed E-state index contributed by atoms with van der Waals surface area (Å²) in [6.45, 7) is 13.7. The van der Waals surface area contributed by atoms with Crippen molar-refractivity contribution in [1.82, 2.24) is 0 Å². The Hall–Kier alpha value is -8.14. The number of furan rings is 1. The Balaban J connectivity index is 1.21. The summed E-state index contributed by atoms with van der Waals surface area (Å²) in [6, 6.07) is 81.0. The van der Waals surface area contributed by atoms with Gasteiger partial charge in [0.2, 0.25) is 0 Å². The second-order valence-electron chi connectivity index (χ2n) is 21.3. The van der Waals surface area contributed by atoms with Crippen molar-refractivity contribution in [2.75, 3.05) is 9.80 Å². The van der Waals surface area contributed by atoms with Gasteiger partial charge in [0.15, 0.2) is 11.2 Å². The van der Waals surface area contributed by atoms with E-state index < -0.39 is 5.41 Å². The molecule has 13 rings (SSSR count). The van der Waals surface area contributed by atoms with Crippen molar-refractivity contribution in [3.8, 4) is 22.3 Å². The quantitative estimate of drug-likeness (QED) is 0.166. The number of hydrogen-bond donors (Lipinski definition) is 0. The smallest absolute Gasteiger partial charge is 0.160 e. The molecule has 338 valence electrons. The maximum absolute atomic E-state index is 7.78. The van der Waals surface area contributed by atoms with Crippen LogP contribution in [-0.4, -0.2) is 0 Å². The van der Waals surface area contributed by atoms with E-state index in [1.807, 2.05) is 0 Å². The predicted molar refractivity (Wildman–Crippen MR) is 294 cm³/mol. The Bertz CT molecular complexity index is 3790. The van der Waals surface area contributed by atoms with Crippen LogP contribution in [0.15, 0.2) is 223 Å². The van der Waals surface area contributed by atoms with E-state index in [9.17, 15) is 0 Å². The number of para-hydroxylation sites is 3. The lowest BCUT2D eigenvalue weighted by Crippen LogP contribution is -2.26. The number of fused-ring (bicyclic) bond motifs is 16. The molecule has 1 spiro atoms. The summed E-state index contributed by atoms with van der Waals surface area (Å²) in [6.07, 6.45) is 0. The van der Waals surface area contributed by atoms with Crippen molar-refractivity contribution >= 4 is 66.8 Å². The van der Waals surface area contributed by atoms with Gasteiger partial charge in [-0.05, 0) is 138 Å². The lowest BCUT2D eigenvalue weighted by molar-refractivity contribution is 0.590. The lowest BCUT2D eigenvalue weighted by atomic mass is 9.70. The van der Waals surface area contributed by atoms with Crippen LogP contribution in [0.3, 0.4) is 0 Å². The first-order chi connectivity index (χ1) is 34.0. The normalized spacial score (nSPS) is 13.4. The Morgan fingerprint density at radius 3 is 1.41 bits per heavy atom. The number of rotatable bonds is 6. The molecule has 1 heterocycles. The minimum atomic E-state index is -0.616. The van der Waals surface area contributed by atoms with E-state index in [0.717, 1.165) is 56.1 Å². The van der Waals surface area contributed by atoms with Gasteiger partial charge in [0, 0.05) is 33.5 Å². The molecule has 0 atom stereocenters. The van der Waals surface area contributed by atoms with E-state index in [0.29, 0.717) is 0 Å². The van der Waals surface area contributed by atoms with Crippen molar-refractivity contribution in [3.05, 3.63) is 252 Å². The van der Waals surface area contributed by atoms with E-state index in [1.165, 1.54) is 66.4 Å². The fourth-order valence-corrected chi connectivity index (χ4v) is 11.9. The molecule has 0 aliphatic heterocycles. The zero-order chi connectivity index (χ0) is 47.5. The zero-order valence-electron chi connectivity index (χ0n) is 40.6. The molecule has 0 bridgehead atoms. The zero-order valence-corrected chi connectivity index (χ0v) is 40.6. The third kappa shape index (κ3) is 6.13. The van der Waals surface area contributed by atoms with Crippen LogP contribution in [-0.2, 0) is 16.2 Å². The van der Waals surface area contributed by atoms with E-state index in [4.69, 9.17) is 4.42 Å². The third-order valence-electron chi connectivity index (χ3n) is 15.2. The van der Waals surface area contributed by atoms with E-state index in [2.05, 4.69) is 270 Å². The van der Waals surface area contributed by atoms with Gasteiger partial charge in [-0.3, -0.25) is 0 Å². The first kappa shape index (κ1) is 42.0. The molecule has 10 aromatic carbocycles. The molecule has 3 heteroatoms. The third-order valence-corrected chi connectivity index (χ3v) is 15.2. The largest absolute Gasteiger partial charge is 0.452 e. The average molecular weight is 903 g/mol. The Labute approximate surface area is 410 Å². The summed E-state index contributed by atoms with van der Waals surface area (Å²) in [5.74, 6) is 0. The van der Waals surface area contributed by atoms with Gasteiger partial charge in [-0.2, -0.15) is 0 Å². The molecule has 70 heavy (non-hydrogen) atoms. The van der Waals surface area contributed by atoms with E-state index in [-0.39, 0.29) is 10.8 Å². The highest BCUT2D eigenvalue weighted by atomic mass is 16.3. The summed E-state index contributed by atoms with van der Waals surface area (Å²) in [7, 11) is 0. The molecule has 11 aromatic rings. The minimum absolute atomic E-state index is 0.00599. The minimum Gasteiger partial charge on any atom is -0.452 e. The molecule has 1 aromatic heterocycles. The molecular weight excluding hydrogens is 849 g/mol. The monoisotopic (exact) mass is 902 g/mol. The maximum atomic E-state index is 7.78. The van der Waals surface area contributed by atoms with Crippen LogP contribution in [0.25, 0.3) is 55.0 Å². The van der Waals surface area contributed by atoms with Crippen LogP contribution >= 0.6 is 0 Å². The topological polar surface area (TPSA) is 19.6 Å². The van der Waals surface area contributed by atoms with Crippen LogP contribution in [0.2, 0.25) is 0 Å². The standard InChI is InChI=1S/C67H54N2O/c1-65(2,3)44-33-37-48(38-34-44)68(46-21-9-7-10-22-46)58-31-19-28-53-61-62-57(42-59(64(61)70-63(53)58)69(47-23-11-8-12-24-47)49-39-35-45(36-40-49)66(4,5)6)67(56-41-32-43-20-13-14-25-50(43)60(56)62)54-29-17-15-26-51(54)52-27-16-18-30-55(52)67/h7-42H,1-6H3. The van der Waals surface area contributed by atoms with Gasteiger partial charge < -0.3 is 14.2 Å². The highest BCUT2D eigenvalue weighted by Crippen LogP contribution is 2.67. The Morgan fingerprint density at radius 1 is 0.357 bits per heavy atom. The number of benzene rings is 10. The number of anilines is 6. The summed E-state index contributed by atoms with van der Waals surface area (Å²) in [5.41, 5.74) is 20.1. The van der Waals surface area contributed by atoms with Gasteiger partial charge in [0.05, 0.1) is 16.8 Å². The van der Waals surface area contributed by atoms with Crippen LogP contribution < -0.4 is 9.80 Å². The van der Waals surface area contributed by atoms with Gasteiger partial charge in [0.1, 0.15) is 0 Å². The first-order valence-corrected chi connectivity index (χ1v) is 24.7. The van der Waals surface area contributed by atoms with Crippen molar-refractivity contribution in [2.24, 2.45) is 0 Å². The van der Waals surface area contributed by atoms with Gasteiger partial charge in [-0.1, -0.05) is 199 Å².